The van der Waals surface area contributed by atoms with Crippen molar-refractivity contribution in [2.24, 2.45) is 0 Å². The average Bonchev–Trinajstić information content (AvgIpc) is 3.83. The monoisotopic (exact) mass is 617 g/mol. The van der Waals surface area contributed by atoms with Crippen LogP contribution in [0.4, 0.5) is 0 Å². The standard InChI is InChI=1S/C35H23NO2S4/c1-22-28-20-33(25-18-23(31-13-7-15-39-31)17-24(19-25)32-14-8-16-40-32)41-34(28)21-30-35(22)27-11-5-6-12-29(27)36(30)42(37,38)26-9-3-2-4-10-26/h2-21H,1H3. The van der Waals surface area contributed by atoms with Gasteiger partial charge in [0.05, 0.1) is 15.9 Å². The van der Waals surface area contributed by atoms with Gasteiger partial charge in [0.1, 0.15) is 0 Å². The Morgan fingerprint density at radius 2 is 1.21 bits per heavy atom. The Morgan fingerprint density at radius 3 is 1.86 bits per heavy atom. The number of benzene rings is 4. The fraction of sp³-hybridized carbons (Fsp3) is 0.0286. The van der Waals surface area contributed by atoms with Gasteiger partial charge in [0.25, 0.3) is 10.0 Å². The van der Waals surface area contributed by atoms with Crippen LogP contribution < -0.4 is 0 Å². The molecule has 42 heavy (non-hydrogen) atoms. The Hall–Kier alpha value is -4.01. The molecule has 0 saturated heterocycles. The van der Waals surface area contributed by atoms with E-state index in [4.69, 9.17) is 0 Å². The van der Waals surface area contributed by atoms with E-state index < -0.39 is 10.0 Å². The van der Waals surface area contributed by atoms with E-state index in [9.17, 15) is 8.42 Å². The van der Waals surface area contributed by atoms with Gasteiger partial charge < -0.3 is 0 Å². The fourth-order valence-corrected chi connectivity index (χ4v) is 9.96. The quantitative estimate of drug-likeness (QED) is 0.193. The molecule has 0 saturated carbocycles. The van der Waals surface area contributed by atoms with E-state index in [0.29, 0.717) is 11.0 Å². The van der Waals surface area contributed by atoms with E-state index in [0.717, 1.165) is 26.4 Å². The number of para-hydroxylation sites is 1. The molecule has 4 aromatic carbocycles. The smallest absolute Gasteiger partial charge is 0.233 e. The Bertz CT molecular complexity index is 2310. The molecule has 3 nitrogen and oxygen atoms in total. The van der Waals surface area contributed by atoms with Gasteiger partial charge in [-0.15, -0.1) is 34.0 Å². The molecule has 0 N–H and O–H groups in total. The lowest BCUT2D eigenvalue weighted by atomic mass is 10.0. The van der Waals surface area contributed by atoms with Crippen LogP contribution in [0.15, 0.2) is 125 Å². The first-order chi connectivity index (χ1) is 20.5. The molecule has 0 atom stereocenters. The number of thiophene rings is 3. The minimum atomic E-state index is -3.82. The summed E-state index contributed by atoms with van der Waals surface area (Å²) in [6, 6.07) is 36.2. The van der Waals surface area contributed by atoms with Crippen LogP contribution in [-0.4, -0.2) is 12.4 Å². The molecule has 8 aromatic rings. The molecular weight excluding hydrogens is 595 g/mol. The maximum Gasteiger partial charge on any atom is 0.268 e. The van der Waals surface area contributed by atoms with Crippen molar-refractivity contribution in [1.29, 1.82) is 0 Å². The third-order valence-electron chi connectivity index (χ3n) is 7.79. The minimum Gasteiger partial charge on any atom is -0.233 e. The van der Waals surface area contributed by atoms with Gasteiger partial charge in [0, 0.05) is 30.1 Å². The summed E-state index contributed by atoms with van der Waals surface area (Å²) in [4.78, 5) is 3.93. The average molecular weight is 618 g/mol. The van der Waals surface area contributed by atoms with E-state index in [2.05, 4.69) is 72.3 Å². The molecule has 7 heteroatoms. The molecule has 204 valence electrons. The summed E-state index contributed by atoms with van der Waals surface area (Å²) in [6.07, 6.45) is 0. The van der Waals surface area contributed by atoms with Gasteiger partial charge in [0.15, 0.2) is 0 Å². The van der Waals surface area contributed by atoms with Crippen molar-refractivity contribution in [2.75, 3.05) is 0 Å². The van der Waals surface area contributed by atoms with E-state index in [1.54, 1.807) is 58.3 Å². The SMILES string of the molecule is Cc1c2cc(-c3cc(-c4cccs4)cc(-c4cccs4)c3)sc2cc2c1c1ccccc1n2S(=O)(=O)c1ccccc1. The van der Waals surface area contributed by atoms with Crippen LogP contribution in [0.2, 0.25) is 0 Å². The molecule has 0 bridgehead atoms. The lowest BCUT2D eigenvalue weighted by molar-refractivity contribution is 0.590. The molecule has 8 rings (SSSR count). The van der Waals surface area contributed by atoms with Gasteiger partial charge in [0.2, 0.25) is 0 Å². The van der Waals surface area contributed by atoms with Crippen LogP contribution in [0.1, 0.15) is 5.56 Å². The van der Waals surface area contributed by atoms with Gasteiger partial charge in [-0.1, -0.05) is 48.5 Å². The summed E-state index contributed by atoms with van der Waals surface area (Å²) < 4.78 is 30.7. The molecule has 0 unspecified atom stereocenters. The molecule has 0 spiro atoms. The highest BCUT2D eigenvalue weighted by Gasteiger charge is 2.25. The summed E-state index contributed by atoms with van der Waals surface area (Å²) in [6.45, 7) is 2.12. The first-order valence-electron chi connectivity index (χ1n) is 13.5. The van der Waals surface area contributed by atoms with Gasteiger partial charge in [-0.3, -0.25) is 0 Å². The summed E-state index contributed by atoms with van der Waals surface area (Å²) >= 11 is 5.21. The van der Waals surface area contributed by atoms with Crippen LogP contribution in [0, 0.1) is 6.92 Å². The van der Waals surface area contributed by atoms with Crippen LogP contribution in [-0.2, 0) is 10.0 Å². The zero-order valence-electron chi connectivity index (χ0n) is 22.4. The third-order valence-corrected chi connectivity index (χ3v) is 12.5. The Morgan fingerprint density at radius 1 is 0.595 bits per heavy atom. The number of hydrogen-bond acceptors (Lipinski definition) is 5. The number of aromatic nitrogens is 1. The number of hydrogen-bond donors (Lipinski definition) is 0. The second kappa shape index (κ2) is 9.78. The van der Waals surface area contributed by atoms with Gasteiger partial charge in [-0.2, -0.15) is 0 Å². The molecule has 0 amide bonds. The number of aryl methyl sites for hydroxylation is 1. The Kier molecular flexibility index (Phi) is 5.98. The summed E-state index contributed by atoms with van der Waals surface area (Å²) in [5, 5.41) is 7.31. The predicted octanol–water partition coefficient (Wildman–Crippen LogP) is 10.7. The number of rotatable bonds is 5. The maximum absolute atomic E-state index is 14.1. The van der Waals surface area contributed by atoms with Gasteiger partial charge >= 0.3 is 0 Å². The second-order valence-electron chi connectivity index (χ2n) is 10.3. The highest BCUT2D eigenvalue weighted by molar-refractivity contribution is 7.90. The molecule has 0 fully saturated rings. The Balaban J connectivity index is 1.39. The molecule has 0 aliphatic heterocycles. The molecule has 0 radical (unpaired) electrons. The van der Waals surface area contributed by atoms with Crippen molar-refractivity contribution in [2.45, 2.75) is 11.8 Å². The second-order valence-corrected chi connectivity index (χ2v) is 15.0. The van der Waals surface area contributed by atoms with E-state index in [1.807, 2.05) is 30.3 Å². The van der Waals surface area contributed by atoms with Crippen molar-refractivity contribution in [3.63, 3.8) is 0 Å². The molecule has 4 heterocycles. The van der Waals surface area contributed by atoms with Crippen LogP contribution >= 0.6 is 34.0 Å². The highest BCUT2D eigenvalue weighted by atomic mass is 32.2. The van der Waals surface area contributed by atoms with Gasteiger partial charge in [-0.05, 0) is 106 Å². The van der Waals surface area contributed by atoms with E-state index in [-0.39, 0.29) is 4.90 Å². The third kappa shape index (κ3) is 4.00. The predicted molar refractivity (Wildman–Crippen MR) is 181 cm³/mol. The summed E-state index contributed by atoms with van der Waals surface area (Å²) in [5.74, 6) is 0. The largest absolute Gasteiger partial charge is 0.268 e. The number of fused-ring (bicyclic) bond motifs is 4. The summed E-state index contributed by atoms with van der Waals surface area (Å²) in [7, 11) is -3.82. The highest BCUT2D eigenvalue weighted by Crippen LogP contribution is 2.44. The molecule has 0 aliphatic carbocycles. The molecule has 0 aliphatic rings. The fourth-order valence-electron chi connectivity index (χ4n) is 5.86. The molecule has 4 aromatic heterocycles. The summed E-state index contributed by atoms with van der Waals surface area (Å²) in [5.41, 5.74) is 6.08. The van der Waals surface area contributed by atoms with Crippen molar-refractivity contribution in [1.82, 2.24) is 3.97 Å². The number of nitrogens with zero attached hydrogens (tertiary/aromatic N) is 1. The van der Waals surface area contributed by atoms with Crippen molar-refractivity contribution in [3.8, 4) is 31.3 Å². The topological polar surface area (TPSA) is 39.1 Å². The normalized spacial score (nSPS) is 12.1. The first-order valence-corrected chi connectivity index (χ1v) is 17.5. The van der Waals surface area contributed by atoms with Crippen molar-refractivity contribution < 1.29 is 8.42 Å². The van der Waals surface area contributed by atoms with Crippen LogP contribution in [0.3, 0.4) is 0 Å². The van der Waals surface area contributed by atoms with E-state index in [1.165, 1.54) is 35.3 Å². The lowest BCUT2D eigenvalue weighted by Crippen LogP contribution is -2.12. The zero-order valence-corrected chi connectivity index (χ0v) is 25.7. The lowest BCUT2D eigenvalue weighted by Gasteiger charge is -2.09. The molecular formula is C35H23NO2S4. The zero-order chi connectivity index (χ0) is 28.4. The van der Waals surface area contributed by atoms with Crippen molar-refractivity contribution in [3.05, 3.63) is 126 Å². The van der Waals surface area contributed by atoms with Crippen LogP contribution in [0.5, 0.6) is 0 Å². The maximum atomic E-state index is 14.1. The Labute approximate surface area is 255 Å². The van der Waals surface area contributed by atoms with Crippen molar-refractivity contribution >= 4 is 75.9 Å². The van der Waals surface area contributed by atoms with Crippen LogP contribution in [0.25, 0.3) is 63.2 Å². The van der Waals surface area contributed by atoms with E-state index >= 15 is 0 Å². The minimum absolute atomic E-state index is 0.281. The van der Waals surface area contributed by atoms with Gasteiger partial charge in [-0.25, -0.2) is 12.4 Å². The first kappa shape index (κ1) is 25.7.